The maximum atomic E-state index is 12.6. The summed E-state index contributed by atoms with van der Waals surface area (Å²) in [6.07, 6.45) is 2.04. The fraction of sp³-hybridized carbons (Fsp3) is 0.529. The molecule has 0 aromatic heterocycles. The summed E-state index contributed by atoms with van der Waals surface area (Å²) in [6, 6.07) is 5.29. The average molecular weight is 337 g/mol. The molecule has 0 aliphatic carbocycles. The number of unbranched alkanes of at least 4 members (excludes halogenated alkanes) is 1. The van der Waals surface area contributed by atoms with Crippen molar-refractivity contribution in [1.29, 1.82) is 0 Å². The van der Waals surface area contributed by atoms with Crippen LogP contribution in [0.5, 0.6) is 5.75 Å². The van der Waals surface area contributed by atoms with Crippen LogP contribution in [0.2, 0.25) is 0 Å². The Hall–Kier alpha value is -2.44. The quantitative estimate of drug-likeness (QED) is 0.170. The SMILES string of the molecule is CCCCOC(=O)C(CC)(CC)C(=O)Oc1cccc([N+](=O)[O-])c1. The summed E-state index contributed by atoms with van der Waals surface area (Å²) in [7, 11) is 0. The van der Waals surface area contributed by atoms with Crippen molar-refractivity contribution in [1.82, 2.24) is 0 Å². The molecule has 1 aromatic carbocycles. The normalized spacial score (nSPS) is 11.0. The van der Waals surface area contributed by atoms with Gasteiger partial charge in [-0.1, -0.05) is 33.3 Å². The van der Waals surface area contributed by atoms with Crippen LogP contribution in [0.15, 0.2) is 24.3 Å². The highest BCUT2D eigenvalue weighted by Crippen LogP contribution is 2.31. The van der Waals surface area contributed by atoms with Crippen LogP contribution < -0.4 is 4.74 Å². The molecule has 0 amide bonds. The van der Waals surface area contributed by atoms with Crippen LogP contribution in [-0.2, 0) is 14.3 Å². The molecule has 0 bridgehead atoms. The van der Waals surface area contributed by atoms with E-state index in [9.17, 15) is 19.7 Å². The van der Waals surface area contributed by atoms with Gasteiger partial charge in [0.15, 0.2) is 5.41 Å². The number of nitro groups is 1. The van der Waals surface area contributed by atoms with Gasteiger partial charge in [0.1, 0.15) is 5.75 Å². The van der Waals surface area contributed by atoms with Gasteiger partial charge in [-0.15, -0.1) is 0 Å². The highest BCUT2D eigenvalue weighted by atomic mass is 16.6. The maximum Gasteiger partial charge on any atom is 0.328 e. The highest BCUT2D eigenvalue weighted by Gasteiger charge is 2.46. The summed E-state index contributed by atoms with van der Waals surface area (Å²) in [5.74, 6) is -1.34. The van der Waals surface area contributed by atoms with Crippen molar-refractivity contribution in [2.45, 2.75) is 46.5 Å². The van der Waals surface area contributed by atoms with Crippen LogP contribution in [0.4, 0.5) is 5.69 Å². The molecular formula is C17H23NO6. The molecule has 0 unspecified atom stereocenters. The molecule has 0 aliphatic rings. The van der Waals surface area contributed by atoms with E-state index in [1.165, 1.54) is 18.2 Å². The number of esters is 2. The largest absolute Gasteiger partial charge is 0.465 e. The van der Waals surface area contributed by atoms with E-state index in [4.69, 9.17) is 9.47 Å². The second-order valence-electron chi connectivity index (χ2n) is 5.42. The van der Waals surface area contributed by atoms with Gasteiger partial charge in [-0.25, -0.2) is 0 Å². The fourth-order valence-corrected chi connectivity index (χ4v) is 2.22. The first kappa shape index (κ1) is 19.6. The standard InChI is InChI=1S/C17H23NO6/c1-4-7-11-23-15(19)17(5-2,6-3)16(20)24-14-10-8-9-13(12-14)18(21)22/h8-10,12H,4-7,11H2,1-3H3. The van der Waals surface area contributed by atoms with Crippen LogP contribution in [0.3, 0.4) is 0 Å². The number of ether oxygens (including phenoxy) is 2. The van der Waals surface area contributed by atoms with Gasteiger partial charge < -0.3 is 9.47 Å². The predicted molar refractivity (Wildman–Crippen MR) is 87.6 cm³/mol. The molecule has 0 spiro atoms. The average Bonchev–Trinajstić information content (AvgIpc) is 2.57. The predicted octanol–water partition coefficient (Wildman–Crippen LogP) is 3.65. The van der Waals surface area contributed by atoms with Gasteiger partial charge in [0.25, 0.3) is 5.69 Å². The molecule has 0 saturated heterocycles. The van der Waals surface area contributed by atoms with Crippen molar-refractivity contribution >= 4 is 17.6 Å². The molecule has 1 rings (SSSR count). The van der Waals surface area contributed by atoms with Crippen molar-refractivity contribution < 1.29 is 24.0 Å². The summed E-state index contributed by atoms with van der Waals surface area (Å²) >= 11 is 0. The van der Waals surface area contributed by atoms with Gasteiger partial charge in [0.2, 0.25) is 0 Å². The van der Waals surface area contributed by atoms with E-state index in [0.717, 1.165) is 18.9 Å². The maximum absolute atomic E-state index is 12.6. The van der Waals surface area contributed by atoms with E-state index >= 15 is 0 Å². The Labute approximate surface area is 141 Å². The Morgan fingerprint density at radius 1 is 1.17 bits per heavy atom. The van der Waals surface area contributed by atoms with Gasteiger partial charge in [-0.3, -0.25) is 19.7 Å². The second kappa shape index (κ2) is 9.00. The number of carbonyl (C=O) groups is 2. The number of hydrogen-bond donors (Lipinski definition) is 0. The van der Waals surface area contributed by atoms with Gasteiger partial charge >= 0.3 is 11.9 Å². The molecule has 0 saturated carbocycles. The summed E-state index contributed by atoms with van der Waals surface area (Å²) in [5.41, 5.74) is -1.59. The number of rotatable bonds is 9. The number of carbonyl (C=O) groups excluding carboxylic acids is 2. The van der Waals surface area contributed by atoms with Crippen LogP contribution >= 0.6 is 0 Å². The lowest BCUT2D eigenvalue weighted by Crippen LogP contribution is -2.42. The molecule has 0 N–H and O–H groups in total. The molecule has 0 radical (unpaired) electrons. The summed E-state index contributed by atoms with van der Waals surface area (Å²) in [4.78, 5) is 35.2. The van der Waals surface area contributed by atoms with Gasteiger partial charge in [-0.05, 0) is 25.3 Å². The lowest BCUT2D eigenvalue weighted by atomic mass is 9.82. The van der Waals surface area contributed by atoms with E-state index in [1.54, 1.807) is 13.8 Å². The van der Waals surface area contributed by atoms with E-state index in [2.05, 4.69) is 0 Å². The zero-order chi connectivity index (χ0) is 18.2. The van der Waals surface area contributed by atoms with Crippen molar-refractivity contribution in [3.63, 3.8) is 0 Å². The highest BCUT2D eigenvalue weighted by molar-refractivity contribution is 6.00. The molecule has 24 heavy (non-hydrogen) atoms. The Morgan fingerprint density at radius 3 is 2.38 bits per heavy atom. The first-order chi connectivity index (χ1) is 11.4. The van der Waals surface area contributed by atoms with Crippen molar-refractivity contribution in [3.8, 4) is 5.75 Å². The Kier molecular flexibility index (Phi) is 7.35. The molecule has 7 nitrogen and oxygen atoms in total. The molecule has 132 valence electrons. The van der Waals surface area contributed by atoms with Crippen molar-refractivity contribution in [2.75, 3.05) is 6.61 Å². The summed E-state index contributed by atoms with van der Waals surface area (Å²) in [6.45, 7) is 5.64. The van der Waals surface area contributed by atoms with Gasteiger partial charge in [0.05, 0.1) is 17.6 Å². The first-order valence-corrected chi connectivity index (χ1v) is 8.05. The van der Waals surface area contributed by atoms with E-state index in [1.807, 2.05) is 6.92 Å². The minimum Gasteiger partial charge on any atom is -0.465 e. The topological polar surface area (TPSA) is 95.7 Å². The van der Waals surface area contributed by atoms with Crippen molar-refractivity contribution in [3.05, 3.63) is 34.4 Å². The minimum absolute atomic E-state index is 0.0295. The lowest BCUT2D eigenvalue weighted by molar-refractivity contribution is -0.384. The first-order valence-electron chi connectivity index (χ1n) is 8.05. The Morgan fingerprint density at radius 2 is 1.83 bits per heavy atom. The molecule has 0 heterocycles. The Balaban J connectivity index is 2.95. The lowest BCUT2D eigenvalue weighted by Gasteiger charge is -2.26. The number of benzene rings is 1. The third kappa shape index (κ3) is 4.53. The third-order valence-corrected chi connectivity index (χ3v) is 3.96. The zero-order valence-corrected chi connectivity index (χ0v) is 14.2. The molecule has 0 atom stereocenters. The van der Waals surface area contributed by atoms with Crippen LogP contribution in [0.1, 0.15) is 46.5 Å². The minimum atomic E-state index is -1.40. The number of non-ortho nitro benzene ring substituents is 1. The smallest absolute Gasteiger partial charge is 0.328 e. The number of hydrogen-bond acceptors (Lipinski definition) is 6. The second-order valence-corrected chi connectivity index (χ2v) is 5.42. The van der Waals surface area contributed by atoms with Gasteiger partial charge in [-0.2, -0.15) is 0 Å². The van der Waals surface area contributed by atoms with Crippen molar-refractivity contribution in [2.24, 2.45) is 5.41 Å². The third-order valence-electron chi connectivity index (χ3n) is 3.96. The fourth-order valence-electron chi connectivity index (χ4n) is 2.22. The van der Waals surface area contributed by atoms with E-state index in [0.29, 0.717) is 0 Å². The summed E-state index contributed by atoms with van der Waals surface area (Å²) in [5, 5.41) is 10.8. The van der Waals surface area contributed by atoms with E-state index in [-0.39, 0.29) is 30.9 Å². The van der Waals surface area contributed by atoms with Crippen LogP contribution in [-0.4, -0.2) is 23.5 Å². The zero-order valence-electron chi connectivity index (χ0n) is 14.2. The van der Waals surface area contributed by atoms with E-state index < -0.39 is 22.3 Å². The number of nitrogens with zero attached hydrogens (tertiary/aromatic N) is 1. The molecule has 7 heteroatoms. The van der Waals surface area contributed by atoms with Gasteiger partial charge in [0, 0.05) is 6.07 Å². The summed E-state index contributed by atoms with van der Waals surface area (Å²) < 4.78 is 10.4. The van der Waals surface area contributed by atoms with Crippen LogP contribution in [0.25, 0.3) is 0 Å². The molecule has 0 fully saturated rings. The van der Waals surface area contributed by atoms with Crippen LogP contribution in [0, 0.1) is 15.5 Å². The Bertz CT molecular complexity index is 594. The monoisotopic (exact) mass is 337 g/mol. The molecule has 0 aliphatic heterocycles. The molecular weight excluding hydrogens is 314 g/mol. The number of nitro benzene ring substituents is 1. The molecule has 1 aromatic rings.